The summed E-state index contributed by atoms with van der Waals surface area (Å²) < 4.78 is 33.7. The van der Waals surface area contributed by atoms with Gasteiger partial charge in [-0.25, -0.2) is 13.1 Å². The molecular weight excluding hydrogens is 336 g/mol. The molecule has 5 nitrogen and oxygen atoms in total. The van der Waals surface area contributed by atoms with E-state index in [1.165, 1.54) is 0 Å². The fraction of sp³-hybridized carbons (Fsp3) is 0.368. The van der Waals surface area contributed by atoms with Gasteiger partial charge in [0.2, 0.25) is 10.0 Å². The first kappa shape index (κ1) is 17.9. The third kappa shape index (κ3) is 4.81. The van der Waals surface area contributed by atoms with Crippen molar-refractivity contribution in [3.05, 3.63) is 54.1 Å². The van der Waals surface area contributed by atoms with Gasteiger partial charge in [-0.05, 0) is 75.2 Å². The van der Waals surface area contributed by atoms with E-state index in [9.17, 15) is 8.42 Å². The van der Waals surface area contributed by atoms with Gasteiger partial charge in [0.05, 0.1) is 4.90 Å². The van der Waals surface area contributed by atoms with E-state index in [1.807, 2.05) is 31.2 Å². The molecule has 1 heterocycles. The molecule has 0 aromatic heterocycles. The van der Waals surface area contributed by atoms with Crippen LogP contribution in [0.3, 0.4) is 0 Å². The van der Waals surface area contributed by atoms with Gasteiger partial charge in [0.15, 0.2) is 0 Å². The summed E-state index contributed by atoms with van der Waals surface area (Å²) in [6.45, 7) is 4.89. The molecule has 1 saturated heterocycles. The molecule has 2 atom stereocenters. The zero-order valence-electron chi connectivity index (χ0n) is 14.5. The minimum Gasteiger partial charge on any atom is -0.457 e. The minimum atomic E-state index is -3.51. The maximum atomic E-state index is 12.5. The Morgan fingerprint density at radius 2 is 1.88 bits per heavy atom. The fourth-order valence-corrected chi connectivity index (χ4v) is 4.31. The van der Waals surface area contributed by atoms with E-state index in [0.29, 0.717) is 11.8 Å². The summed E-state index contributed by atoms with van der Waals surface area (Å²) in [5, 5.41) is 3.32. The topological polar surface area (TPSA) is 67.4 Å². The summed E-state index contributed by atoms with van der Waals surface area (Å²) in [5.74, 6) is 1.34. The highest BCUT2D eigenvalue weighted by atomic mass is 32.2. The number of ether oxygens (including phenoxy) is 1. The second-order valence-electron chi connectivity index (χ2n) is 6.59. The average Bonchev–Trinajstić information content (AvgIpc) is 2.55. The van der Waals surface area contributed by atoms with Crippen LogP contribution in [0.25, 0.3) is 0 Å². The van der Waals surface area contributed by atoms with Gasteiger partial charge in [-0.3, -0.25) is 0 Å². The lowest BCUT2D eigenvalue weighted by molar-refractivity contribution is 0.361. The fourth-order valence-electron chi connectivity index (χ4n) is 3.03. The Hall–Kier alpha value is -1.89. The van der Waals surface area contributed by atoms with Crippen molar-refractivity contribution >= 4 is 10.0 Å². The predicted octanol–water partition coefficient (Wildman–Crippen LogP) is 3.21. The normalized spacial score (nSPS) is 21.0. The molecule has 25 heavy (non-hydrogen) atoms. The molecule has 2 N–H and O–H groups in total. The van der Waals surface area contributed by atoms with Gasteiger partial charge in [0.1, 0.15) is 11.5 Å². The zero-order chi connectivity index (χ0) is 17.9. The quantitative estimate of drug-likeness (QED) is 0.859. The van der Waals surface area contributed by atoms with Gasteiger partial charge in [0, 0.05) is 12.1 Å². The molecule has 2 unspecified atom stereocenters. The zero-order valence-corrected chi connectivity index (χ0v) is 15.3. The molecule has 0 saturated carbocycles. The molecule has 0 spiro atoms. The molecule has 0 amide bonds. The van der Waals surface area contributed by atoms with Crippen LogP contribution in [0.15, 0.2) is 53.4 Å². The molecule has 2 aromatic carbocycles. The van der Waals surface area contributed by atoms with Crippen LogP contribution in [0.1, 0.15) is 25.3 Å². The summed E-state index contributed by atoms with van der Waals surface area (Å²) in [7, 11) is -3.51. The van der Waals surface area contributed by atoms with Crippen LogP contribution >= 0.6 is 0 Å². The van der Waals surface area contributed by atoms with Crippen molar-refractivity contribution in [2.45, 2.75) is 43.7 Å². The molecular formula is C19H24N2O3S. The maximum Gasteiger partial charge on any atom is 0.240 e. The van der Waals surface area contributed by atoms with E-state index in [1.54, 1.807) is 24.3 Å². The molecule has 1 fully saturated rings. The van der Waals surface area contributed by atoms with Crippen molar-refractivity contribution in [1.82, 2.24) is 10.0 Å². The van der Waals surface area contributed by atoms with Gasteiger partial charge in [0.25, 0.3) is 0 Å². The Morgan fingerprint density at radius 3 is 2.56 bits per heavy atom. The maximum absolute atomic E-state index is 12.5. The number of rotatable bonds is 5. The van der Waals surface area contributed by atoms with Crippen molar-refractivity contribution in [3.8, 4) is 11.5 Å². The summed E-state index contributed by atoms with van der Waals surface area (Å²) in [5.41, 5.74) is 1.11. The smallest absolute Gasteiger partial charge is 0.240 e. The van der Waals surface area contributed by atoms with Crippen molar-refractivity contribution in [2.75, 3.05) is 6.54 Å². The van der Waals surface area contributed by atoms with Crippen LogP contribution < -0.4 is 14.8 Å². The van der Waals surface area contributed by atoms with Crippen LogP contribution in [0.5, 0.6) is 11.5 Å². The molecule has 6 heteroatoms. The highest BCUT2D eigenvalue weighted by molar-refractivity contribution is 7.89. The molecule has 134 valence electrons. The van der Waals surface area contributed by atoms with E-state index in [0.717, 1.165) is 30.7 Å². The lowest BCUT2D eigenvalue weighted by Gasteiger charge is -2.28. The number of hydrogen-bond donors (Lipinski definition) is 2. The predicted molar refractivity (Wildman–Crippen MR) is 98.5 cm³/mol. The highest BCUT2D eigenvalue weighted by Crippen LogP contribution is 2.24. The van der Waals surface area contributed by atoms with E-state index in [4.69, 9.17) is 4.74 Å². The van der Waals surface area contributed by atoms with Crippen molar-refractivity contribution in [1.29, 1.82) is 0 Å². The standard InChI is InChI=1S/C19H24N2O3S/c1-14-4-3-5-18(12-14)24-17-6-8-19(9-7-17)25(22,23)21-16-10-11-20-15(2)13-16/h3-9,12,15-16,20-21H,10-11,13H2,1-2H3. The van der Waals surface area contributed by atoms with Crippen molar-refractivity contribution in [3.63, 3.8) is 0 Å². The van der Waals surface area contributed by atoms with E-state index < -0.39 is 10.0 Å². The summed E-state index contributed by atoms with van der Waals surface area (Å²) in [6.07, 6.45) is 1.60. The molecule has 2 aromatic rings. The second-order valence-corrected chi connectivity index (χ2v) is 8.30. The Morgan fingerprint density at radius 1 is 1.12 bits per heavy atom. The third-order valence-corrected chi connectivity index (χ3v) is 5.84. The molecule has 0 radical (unpaired) electrons. The monoisotopic (exact) mass is 360 g/mol. The van der Waals surface area contributed by atoms with Gasteiger partial charge in [-0.15, -0.1) is 0 Å². The first-order valence-electron chi connectivity index (χ1n) is 8.53. The van der Waals surface area contributed by atoms with Gasteiger partial charge in [-0.2, -0.15) is 0 Å². The van der Waals surface area contributed by atoms with Crippen molar-refractivity contribution < 1.29 is 13.2 Å². The van der Waals surface area contributed by atoms with Crippen LogP contribution in [0.4, 0.5) is 0 Å². The lowest BCUT2D eigenvalue weighted by atomic mass is 10.0. The summed E-state index contributed by atoms with van der Waals surface area (Å²) in [4.78, 5) is 0.260. The Bertz CT molecular complexity index is 819. The first-order chi connectivity index (χ1) is 11.9. The molecule has 0 aliphatic carbocycles. The van der Waals surface area contributed by atoms with Gasteiger partial charge < -0.3 is 10.1 Å². The molecule has 1 aliphatic rings. The number of aryl methyl sites for hydroxylation is 1. The van der Waals surface area contributed by atoms with Gasteiger partial charge in [-0.1, -0.05) is 12.1 Å². The molecule has 3 rings (SSSR count). The van der Waals surface area contributed by atoms with Gasteiger partial charge >= 0.3 is 0 Å². The largest absolute Gasteiger partial charge is 0.457 e. The third-order valence-electron chi connectivity index (χ3n) is 4.30. The van der Waals surface area contributed by atoms with Crippen molar-refractivity contribution in [2.24, 2.45) is 0 Å². The van der Waals surface area contributed by atoms with Crippen LogP contribution in [-0.2, 0) is 10.0 Å². The van der Waals surface area contributed by atoms with Crippen LogP contribution in [0.2, 0.25) is 0 Å². The van der Waals surface area contributed by atoms with E-state index in [-0.39, 0.29) is 10.9 Å². The minimum absolute atomic E-state index is 0.0236. The SMILES string of the molecule is Cc1cccc(Oc2ccc(S(=O)(=O)NC3CCNC(C)C3)cc2)c1. The number of hydrogen-bond acceptors (Lipinski definition) is 4. The lowest BCUT2D eigenvalue weighted by Crippen LogP contribution is -2.46. The number of piperidine rings is 1. The number of benzene rings is 2. The molecule has 1 aliphatic heterocycles. The Balaban J connectivity index is 1.68. The average molecular weight is 360 g/mol. The highest BCUT2D eigenvalue weighted by Gasteiger charge is 2.24. The summed E-state index contributed by atoms with van der Waals surface area (Å²) >= 11 is 0. The van der Waals surface area contributed by atoms with E-state index >= 15 is 0 Å². The first-order valence-corrected chi connectivity index (χ1v) is 10.0. The van der Waals surface area contributed by atoms with Crippen LogP contribution in [0, 0.1) is 6.92 Å². The number of sulfonamides is 1. The Labute approximate surface area is 149 Å². The molecule has 0 bridgehead atoms. The number of nitrogens with one attached hydrogen (secondary N) is 2. The van der Waals surface area contributed by atoms with Crippen LogP contribution in [-0.4, -0.2) is 27.0 Å². The Kier molecular flexibility index (Phi) is 5.42. The summed E-state index contributed by atoms with van der Waals surface area (Å²) in [6, 6.07) is 14.6. The van der Waals surface area contributed by atoms with E-state index in [2.05, 4.69) is 17.0 Å². The second kappa shape index (κ2) is 7.56.